The summed E-state index contributed by atoms with van der Waals surface area (Å²) in [5, 5.41) is 4.76. The van der Waals surface area contributed by atoms with Crippen molar-refractivity contribution in [1.82, 2.24) is 4.90 Å². The Morgan fingerprint density at radius 3 is 2.65 bits per heavy atom. The van der Waals surface area contributed by atoms with Crippen LogP contribution in [0.4, 0.5) is 14.5 Å². The van der Waals surface area contributed by atoms with Crippen LogP contribution in [0.5, 0.6) is 0 Å². The monoisotopic (exact) mass is 420 g/mol. The number of thioether (sulfide) groups is 1. The first-order valence-electron chi connectivity index (χ1n) is 6.68. The van der Waals surface area contributed by atoms with Crippen LogP contribution < -0.4 is 5.32 Å². The van der Waals surface area contributed by atoms with Crippen LogP contribution in [0, 0.1) is 0 Å². The molecule has 1 aromatic carbocycles. The maximum Gasteiger partial charge on any atom is 0.288 e. The summed E-state index contributed by atoms with van der Waals surface area (Å²) in [6, 6.07) is 8.41. The minimum atomic E-state index is -2.44. The normalized spacial score (nSPS) is 11.2. The van der Waals surface area contributed by atoms with Crippen LogP contribution in [-0.4, -0.2) is 30.2 Å². The number of carbonyl (C=O) groups excluding carboxylic acids is 1. The van der Waals surface area contributed by atoms with Gasteiger partial charge in [-0.2, -0.15) is 8.78 Å². The van der Waals surface area contributed by atoms with Crippen molar-refractivity contribution in [3.05, 3.63) is 45.1 Å². The number of hydrogen-bond donors (Lipinski definition) is 1. The third-order valence-electron chi connectivity index (χ3n) is 2.82. The summed E-state index contributed by atoms with van der Waals surface area (Å²) in [5.74, 6) is -2.58. The zero-order valence-corrected chi connectivity index (χ0v) is 15.5. The van der Waals surface area contributed by atoms with Crippen molar-refractivity contribution in [1.29, 1.82) is 0 Å². The molecule has 2 rings (SSSR count). The van der Waals surface area contributed by atoms with Gasteiger partial charge in [-0.05, 0) is 53.3 Å². The van der Waals surface area contributed by atoms with Gasteiger partial charge in [0.1, 0.15) is 0 Å². The van der Waals surface area contributed by atoms with Crippen LogP contribution >= 0.6 is 39.0 Å². The Morgan fingerprint density at radius 2 is 2.09 bits per heavy atom. The zero-order chi connectivity index (χ0) is 16.8. The Hall–Kier alpha value is -0.960. The number of alkyl halides is 2. The summed E-state index contributed by atoms with van der Waals surface area (Å²) >= 11 is 5.52. The van der Waals surface area contributed by atoms with E-state index in [0.29, 0.717) is 28.9 Å². The smallest absolute Gasteiger partial charge is 0.288 e. The van der Waals surface area contributed by atoms with Gasteiger partial charge in [-0.25, -0.2) is 0 Å². The topological polar surface area (TPSA) is 32.3 Å². The van der Waals surface area contributed by atoms with Gasteiger partial charge < -0.3 is 5.32 Å². The summed E-state index contributed by atoms with van der Waals surface area (Å²) in [5.41, 5.74) is 0.598. The maximum absolute atomic E-state index is 12.2. The highest BCUT2D eigenvalue weighted by molar-refractivity contribution is 9.10. The van der Waals surface area contributed by atoms with E-state index in [9.17, 15) is 13.6 Å². The summed E-state index contributed by atoms with van der Waals surface area (Å²) in [4.78, 5) is 15.5. The lowest BCUT2D eigenvalue weighted by Gasteiger charge is -2.15. The van der Waals surface area contributed by atoms with Crippen molar-refractivity contribution >= 4 is 50.6 Å². The van der Waals surface area contributed by atoms with E-state index in [4.69, 9.17) is 0 Å². The number of nitrogens with one attached hydrogen (secondary N) is 1. The molecule has 1 N–H and O–H groups in total. The number of rotatable bonds is 7. The molecule has 0 aliphatic heterocycles. The van der Waals surface area contributed by atoms with Crippen LogP contribution in [0.2, 0.25) is 0 Å². The van der Waals surface area contributed by atoms with Crippen molar-refractivity contribution in [2.45, 2.75) is 17.2 Å². The van der Waals surface area contributed by atoms with Crippen LogP contribution in [0.25, 0.3) is 0 Å². The molecule has 1 aromatic heterocycles. The first-order valence-corrected chi connectivity index (χ1v) is 9.24. The molecule has 0 aliphatic rings. The second-order valence-corrected chi connectivity index (χ2v) is 7.83. The molecule has 23 heavy (non-hydrogen) atoms. The third-order valence-corrected chi connectivity index (χ3v) is 5.23. The predicted molar refractivity (Wildman–Crippen MR) is 95.3 cm³/mol. The van der Waals surface area contributed by atoms with Crippen molar-refractivity contribution < 1.29 is 13.6 Å². The molecule has 0 atom stereocenters. The number of anilines is 1. The zero-order valence-electron chi connectivity index (χ0n) is 12.3. The number of halogens is 3. The number of hydrogen-bond acceptors (Lipinski definition) is 4. The quantitative estimate of drug-likeness (QED) is 0.646. The molecule has 0 aliphatic carbocycles. The molecule has 0 spiro atoms. The molecule has 124 valence electrons. The average molecular weight is 421 g/mol. The number of benzene rings is 1. The fraction of sp³-hybridized carbons (Fsp3) is 0.267. The summed E-state index contributed by atoms with van der Waals surface area (Å²) in [6.45, 7) is 0.941. The summed E-state index contributed by atoms with van der Waals surface area (Å²) in [6.07, 6.45) is 0. The largest absolute Gasteiger partial charge is 0.325 e. The van der Waals surface area contributed by atoms with Gasteiger partial charge in [-0.3, -0.25) is 9.69 Å². The van der Waals surface area contributed by atoms with E-state index in [1.54, 1.807) is 35.6 Å². The molecule has 0 saturated carbocycles. The van der Waals surface area contributed by atoms with Crippen LogP contribution in [0.1, 0.15) is 4.88 Å². The van der Waals surface area contributed by atoms with Gasteiger partial charge in [0.2, 0.25) is 5.91 Å². The third kappa shape index (κ3) is 6.58. The lowest BCUT2D eigenvalue weighted by atomic mass is 10.3. The predicted octanol–water partition coefficient (Wildman–Crippen LogP) is 4.90. The second kappa shape index (κ2) is 8.77. The highest BCUT2D eigenvalue weighted by Gasteiger charge is 2.10. The molecule has 0 unspecified atom stereocenters. The summed E-state index contributed by atoms with van der Waals surface area (Å²) < 4.78 is 25.5. The minimum absolute atomic E-state index is 0.141. The Bertz CT molecular complexity index is 649. The van der Waals surface area contributed by atoms with Crippen LogP contribution in [-0.2, 0) is 11.3 Å². The van der Waals surface area contributed by atoms with E-state index in [1.807, 2.05) is 23.4 Å². The molecule has 1 amide bonds. The number of thiophene rings is 1. The number of likely N-dealkylation sites (N-methyl/N-ethyl adjacent to an activating group) is 1. The van der Waals surface area contributed by atoms with Crippen molar-refractivity contribution in [2.24, 2.45) is 0 Å². The Labute approximate surface area is 150 Å². The highest BCUT2D eigenvalue weighted by Crippen LogP contribution is 2.26. The van der Waals surface area contributed by atoms with E-state index in [0.717, 1.165) is 4.47 Å². The molecule has 2 aromatic rings. The van der Waals surface area contributed by atoms with E-state index >= 15 is 0 Å². The summed E-state index contributed by atoms with van der Waals surface area (Å²) in [7, 11) is 1.87. The first kappa shape index (κ1) is 18.4. The molecule has 3 nitrogen and oxygen atoms in total. The Morgan fingerprint density at radius 1 is 1.39 bits per heavy atom. The highest BCUT2D eigenvalue weighted by atomic mass is 79.9. The standard InChI is InChI=1S/C15H15BrF2N2OS2/c1-20(7-13-6-10(16)9-22-13)8-14(21)19-11-2-4-12(5-3-11)23-15(17)18/h2-6,9,15H,7-8H2,1H3,(H,19,21). The van der Waals surface area contributed by atoms with Crippen molar-refractivity contribution in [2.75, 3.05) is 18.9 Å². The van der Waals surface area contributed by atoms with E-state index < -0.39 is 5.76 Å². The molecule has 0 radical (unpaired) electrons. The molecule has 0 fully saturated rings. The molecular formula is C15H15BrF2N2OS2. The van der Waals surface area contributed by atoms with Gasteiger partial charge in [0, 0.05) is 31.9 Å². The molecule has 8 heteroatoms. The van der Waals surface area contributed by atoms with Gasteiger partial charge in [0.25, 0.3) is 5.76 Å². The van der Waals surface area contributed by atoms with Crippen LogP contribution in [0.3, 0.4) is 0 Å². The number of nitrogens with zero attached hydrogens (tertiary/aromatic N) is 1. The SMILES string of the molecule is CN(CC(=O)Nc1ccc(SC(F)F)cc1)Cc1cc(Br)cs1. The van der Waals surface area contributed by atoms with E-state index in [2.05, 4.69) is 21.2 Å². The van der Waals surface area contributed by atoms with Crippen molar-refractivity contribution in [3.63, 3.8) is 0 Å². The maximum atomic E-state index is 12.2. The molecular weight excluding hydrogens is 406 g/mol. The fourth-order valence-corrected chi connectivity index (χ4v) is 3.95. The number of carbonyl (C=O) groups is 1. The molecule has 0 bridgehead atoms. The van der Waals surface area contributed by atoms with Crippen LogP contribution in [0.15, 0.2) is 45.1 Å². The van der Waals surface area contributed by atoms with Gasteiger partial charge in [0.05, 0.1) is 6.54 Å². The lowest BCUT2D eigenvalue weighted by Crippen LogP contribution is -2.29. The first-order chi connectivity index (χ1) is 10.9. The second-order valence-electron chi connectivity index (χ2n) is 4.85. The fourth-order valence-electron chi connectivity index (χ4n) is 1.92. The minimum Gasteiger partial charge on any atom is -0.325 e. The van der Waals surface area contributed by atoms with Gasteiger partial charge in [-0.15, -0.1) is 11.3 Å². The molecule has 0 saturated heterocycles. The Balaban J connectivity index is 1.81. The average Bonchev–Trinajstić information content (AvgIpc) is 2.85. The van der Waals surface area contributed by atoms with Gasteiger partial charge >= 0.3 is 0 Å². The van der Waals surface area contributed by atoms with E-state index in [-0.39, 0.29) is 12.5 Å². The van der Waals surface area contributed by atoms with Gasteiger partial charge in [-0.1, -0.05) is 11.8 Å². The molecule has 1 heterocycles. The Kier molecular flexibility index (Phi) is 7.01. The lowest BCUT2D eigenvalue weighted by molar-refractivity contribution is -0.117. The van der Waals surface area contributed by atoms with Gasteiger partial charge in [0.15, 0.2) is 0 Å². The van der Waals surface area contributed by atoms with E-state index in [1.165, 1.54) is 4.88 Å². The van der Waals surface area contributed by atoms with Crippen molar-refractivity contribution in [3.8, 4) is 0 Å². The number of amides is 1.